The lowest BCUT2D eigenvalue weighted by Crippen LogP contribution is -2.20. The molecule has 0 bridgehead atoms. The van der Waals surface area contributed by atoms with Crippen LogP contribution in [0, 0.1) is 5.92 Å². The largest absolute Gasteiger partial charge is 0.493 e. The molecule has 1 aromatic rings. The molecular weight excluding hydrogens is 310 g/mol. The second-order valence-electron chi connectivity index (χ2n) is 5.57. The van der Waals surface area contributed by atoms with Crippen LogP contribution in [0.25, 0.3) is 0 Å². The van der Waals surface area contributed by atoms with Crippen LogP contribution in [0.1, 0.15) is 25.8 Å². The summed E-state index contributed by atoms with van der Waals surface area (Å²) in [5.74, 6) is 1.41. The van der Waals surface area contributed by atoms with E-state index in [9.17, 15) is 8.42 Å². The van der Waals surface area contributed by atoms with Crippen LogP contribution in [0.5, 0.6) is 5.75 Å². The van der Waals surface area contributed by atoms with Crippen molar-refractivity contribution in [1.29, 1.82) is 0 Å². The van der Waals surface area contributed by atoms with Crippen molar-refractivity contribution in [3.05, 3.63) is 28.8 Å². The lowest BCUT2D eigenvalue weighted by atomic mass is 10.1. The van der Waals surface area contributed by atoms with E-state index in [1.807, 2.05) is 18.2 Å². The number of hydrogen-bond donors (Lipinski definition) is 1. The molecule has 0 fully saturated rings. The summed E-state index contributed by atoms with van der Waals surface area (Å²) in [6.45, 7) is 6.19. The van der Waals surface area contributed by atoms with E-state index in [0.29, 0.717) is 36.3 Å². The third-order valence-electron chi connectivity index (χ3n) is 2.85. The molecule has 4 nitrogen and oxygen atoms in total. The molecule has 1 N–H and O–H groups in total. The second kappa shape index (κ2) is 8.61. The molecule has 6 heteroatoms. The first-order valence-electron chi connectivity index (χ1n) is 7.08. The summed E-state index contributed by atoms with van der Waals surface area (Å²) in [6.07, 6.45) is 1.71. The molecule has 0 aliphatic heterocycles. The fourth-order valence-corrected chi connectivity index (χ4v) is 2.71. The van der Waals surface area contributed by atoms with Crippen molar-refractivity contribution in [2.24, 2.45) is 5.92 Å². The van der Waals surface area contributed by atoms with Crippen LogP contribution in [-0.4, -0.2) is 33.6 Å². The zero-order valence-corrected chi connectivity index (χ0v) is 14.4. The third kappa shape index (κ3) is 7.69. The number of halogens is 1. The minimum Gasteiger partial charge on any atom is -0.493 e. The molecule has 0 spiro atoms. The summed E-state index contributed by atoms with van der Waals surface area (Å²) in [4.78, 5) is 0. The summed E-state index contributed by atoms with van der Waals surface area (Å²) in [5.41, 5.74) is 0.916. The summed E-state index contributed by atoms with van der Waals surface area (Å²) in [5, 5.41) is 4.00. The van der Waals surface area contributed by atoms with Gasteiger partial charge in [-0.2, -0.15) is 0 Å². The van der Waals surface area contributed by atoms with Gasteiger partial charge in [0.05, 0.1) is 12.4 Å². The van der Waals surface area contributed by atoms with Crippen LogP contribution in [0.3, 0.4) is 0 Å². The summed E-state index contributed by atoms with van der Waals surface area (Å²) in [7, 11) is -2.94. The Labute approximate surface area is 132 Å². The average Bonchev–Trinajstić information content (AvgIpc) is 2.36. The monoisotopic (exact) mass is 333 g/mol. The van der Waals surface area contributed by atoms with Crippen LogP contribution >= 0.6 is 11.6 Å². The van der Waals surface area contributed by atoms with Gasteiger partial charge in [-0.1, -0.05) is 31.5 Å². The van der Waals surface area contributed by atoms with E-state index >= 15 is 0 Å². The molecule has 21 heavy (non-hydrogen) atoms. The van der Waals surface area contributed by atoms with E-state index in [1.165, 1.54) is 6.26 Å². The van der Waals surface area contributed by atoms with Crippen molar-refractivity contribution in [3.8, 4) is 5.75 Å². The van der Waals surface area contributed by atoms with E-state index in [2.05, 4.69) is 19.2 Å². The third-order valence-corrected chi connectivity index (χ3v) is 4.23. The predicted molar refractivity (Wildman–Crippen MR) is 87.8 cm³/mol. The number of hydrogen-bond acceptors (Lipinski definition) is 4. The van der Waals surface area contributed by atoms with Gasteiger partial charge in [0, 0.05) is 23.4 Å². The lowest BCUT2D eigenvalue weighted by molar-refractivity contribution is 0.313. The maximum Gasteiger partial charge on any atom is 0.147 e. The maximum atomic E-state index is 11.1. The molecule has 0 aliphatic carbocycles. The van der Waals surface area contributed by atoms with Crippen LogP contribution < -0.4 is 10.1 Å². The Kier molecular flexibility index (Phi) is 7.49. The zero-order chi connectivity index (χ0) is 15.9. The van der Waals surface area contributed by atoms with Gasteiger partial charge >= 0.3 is 0 Å². The Bertz CT molecular complexity index is 544. The van der Waals surface area contributed by atoms with Crippen LogP contribution in [0.2, 0.25) is 5.02 Å². The normalized spacial score (nSPS) is 11.9. The summed E-state index contributed by atoms with van der Waals surface area (Å²) < 4.78 is 27.8. The van der Waals surface area contributed by atoms with Crippen molar-refractivity contribution >= 4 is 21.4 Å². The molecule has 0 atom stereocenters. The lowest BCUT2D eigenvalue weighted by Gasteiger charge is -2.14. The minimum absolute atomic E-state index is 0.133. The predicted octanol–water partition coefficient (Wildman–Crippen LogP) is 2.90. The van der Waals surface area contributed by atoms with Crippen molar-refractivity contribution in [2.75, 3.05) is 25.2 Å². The average molecular weight is 334 g/mol. The van der Waals surface area contributed by atoms with Gasteiger partial charge in [0.2, 0.25) is 0 Å². The number of benzene rings is 1. The van der Waals surface area contributed by atoms with Crippen LogP contribution in [-0.2, 0) is 16.4 Å². The van der Waals surface area contributed by atoms with Gasteiger partial charge in [0.15, 0.2) is 0 Å². The van der Waals surface area contributed by atoms with E-state index in [0.717, 1.165) is 12.1 Å². The van der Waals surface area contributed by atoms with Crippen LogP contribution in [0.4, 0.5) is 0 Å². The first-order chi connectivity index (χ1) is 9.79. The van der Waals surface area contributed by atoms with Gasteiger partial charge in [-0.3, -0.25) is 0 Å². The Balaban J connectivity index is 2.58. The minimum atomic E-state index is -2.94. The van der Waals surface area contributed by atoms with Crippen molar-refractivity contribution in [1.82, 2.24) is 5.32 Å². The van der Waals surface area contributed by atoms with Crippen molar-refractivity contribution < 1.29 is 13.2 Å². The molecule has 0 saturated heterocycles. The molecular formula is C15H24ClNO3S. The number of sulfone groups is 1. The van der Waals surface area contributed by atoms with E-state index < -0.39 is 9.84 Å². The van der Waals surface area contributed by atoms with Gasteiger partial charge in [0.25, 0.3) is 0 Å². The molecule has 0 unspecified atom stereocenters. The van der Waals surface area contributed by atoms with E-state index in [4.69, 9.17) is 16.3 Å². The summed E-state index contributed by atoms with van der Waals surface area (Å²) in [6, 6.07) is 5.52. The van der Waals surface area contributed by atoms with Crippen LogP contribution in [0.15, 0.2) is 18.2 Å². The first-order valence-corrected chi connectivity index (χ1v) is 9.52. The van der Waals surface area contributed by atoms with Gasteiger partial charge in [-0.25, -0.2) is 8.42 Å². The second-order valence-corrected chi connectivity index (χ2v) is 8.24. The molecule has 0 heterocycles. The highest BCUT2D eigenvalue weighted by molar-refractivity contribution is 7.90. The molecule has 0 aliphatic rings. The van der Waals surface area contributed by atoms with Crippen molar-refractivity contribution in [3.63, 3.8) is 0 Å². The Morgan fingerprint density at radius 2 is 2.05 bits per heavy atom. The quantitative estimate of drug-likeness (QED) is 0.706. The number of nitrogens with one attached hydrogen (secondary N) is 1. The fourth-order valence-electron chi connectivity index (χ4n) is 1.83. The summed E-state index contributed by atoms with van der Waals surface area (Å²) >= 11 is 6.21. The zero-order valence-electron chi connectivity index (χ0n) is 12.9. The van der Waals surface area contributed by atoms with Gasteiger partial charge in [0.1, 0.15) is 15.6 Å². The highest BCUT2D eigenvalue weighted by atomic mass is 35.5. The Hall–Kier alpha value is -0.780. The maximum absolute atomic E-state index is 11.1. The standard InChI is InChI=1S/C15H24ClNO3S/c1-12(2)10-17-11-13-14(16)6-4-7-15(13)20-8-5-9-21(3,18)19/h4,6-7,12,17H,5,8-11H2,1-3H3. The van der Waals surface area contributed by atoms with Crippen molar-refractivity contribution in [2.45, 2.75) is 26.8 Å². The number of ether oxygens (including phenoxy) is 1. The van der Waals surface area contributed by atoms with Gasteiger partial charge < -0.3 is 10.1 Å². The highest BCUT2D eigenvalue weighted by Gasteiger charge is 2.09. The molecule has 1 rings (SSSR count). The molecule has 0 aromatic heterocycles. The van der Waals surface area contributed by atoms with E-state index in [1.54, 1.807) is 0 Å². The highest BCUT2D eigenvalue weighted by Crippen LogP contribution is 2.26. The number of rotatable bonds is 9. The Morgan fingerprint density at radius 1 is 1.33 bits per heavy atom. The van der Waals surface area contributed by atoms with Gasteiger partial charge in [-0.05, 0) is 31.0 Å². The van der Waals surface area contributed by atoms with E-state index in [-0.39, 0.29) is 5.75 Å². The molecule has 0 saturated carbocycles. The fraction of sp³-hybridized carbons (Fsp3) is 0.600. The smallest absolute Gasteiger partial charge is 0.147 e. The molecule has 120 valence electrons. The first kappa shape index (κ1) is 18.3. The topological polar surface area (TPSA) is 55.4 Å². The molecule has 0 amide bonds. The molecule has 1 aromatic carbocycles. The SMILES string of the molecule is CC(C)CNCc1c(Cl)cccc1OCCCS(C)(=O)=O. The Morgan fingerprint density at radius 3 is 2.67 bits per heavy atom. The molecule has 0 radical (unpaired) electrons. The van der Waals surface area contributed by atoms with Gasteiger partial charge in [-0.15, -0.1) is 0 Å².